The summed E-state index contributed by atoms with van der Waals surface area (Å²) >= 11 is 0. The first kappa shape index (κ1) is 19.0. The minimum atomic E-state index is -0.266. The van der Waals surface area contributed by atoms with Crippen LogP contribution in [-0.2, 0) is 5.41 Å². The molecule has 0 aliphatic rings. The maximum atomic E-state index is 12.6. The second kappa shape index (κ2) is 6.87. The van der Waals surface area contributed by atoms with Gasteiger partial charge in [-0.25, -0.2) is 9.78 Å². The van der Waals surface area contributed by atoms with Crippen LogP contribution in [0.3, 0.4) is 0 Å². The molecule has 0 saturated carbocycles. The number of rotatable bonds is 2. The molecule has 0 radical (unpaired) electrons. The van der Waals surface area contributed by atoms with Crippen LogP contribution in [0, 0.1) is 34.6 Å². The van der Waals surface area contributed by atoms with Gasteiger partial charge in [0.25, 0.3) is 0 Å². The molecule has 1 aromatic carbocycles. The summed E-state index contributed by atoms with van der Waals surface area (Å²) in [4.78, 5) is 17.1. The van der Waals surface area contributed by atoms with E-state index in [4.69, 9.17) is 0 Å². The first-order valence-corrected chi connectivity index (χ1v) is 8.65. The fourth-order valence-corrected chi connectivity index (χ4v) is 2.90. The Labute approximate surface area is 151 Å². The summed E-state index contributed by atoms with van der Waals surface area (Å²) in [7, 11) is 0. The van der Waals surface area contributed by atoms with Crippen LogP contribution in [-0.4, -0.2) is 11.0 Å². The van der Waals surface area contributed by atoms with Gasteiger partial charge >= 0.3 is 6.03 Å². The molecule has 134 valence electrons. The lowest BCUT2D eigenvalue weighted by atomic mass is 9.84. The predicted octanol–water partition coefficient (Wildman–Crippen LogP) is 5.57. The van der Waals surface area contributed by atoms with Gasteiger partial charge in [0.05, 0.1) is 0 Å². The third kappa shape index (κ3) is 4.01. The van der Waals surface area contributed by atoms with E-state index >= 15 is 0 Å². The molecule has 1 heterocycles. The van der Waals surface area contributed by atoms with Crippen LogP contribution in [0.1, 0.15) is 54.3 Å². The third-order valence-corrected chi connectivity index (χ3v) is 4.85. The fourth-order valence-electron chi connectivity index (χ4n) is 2.90. The van der Waals surface area contributed by atoms with E-state index in [-0.39, 0.29) is 11.4 Å². The predicted molar refractivity (Wildman–Crippen MR) is 106 cm³/mol. The van der Waals surface area contributed by atoms with E-state index in [1.807, 2.05) is 32.9 Å². The lowest BCUT2D eigenvalue weighted by Crippen LogP contribution is -2.24. The van der Waals surface area contributed by atoms with E-state index in [1.54, 1.807) is 0 Å². The van der Waals surface area contributed by atoms with E-state index in [0.29, 0.717) is 5.82 Å². The van der Waals surface area contributed by atoms with Crippen LogP contribution in [0.25, 0.3) is 0 Å². The molecule has 0 aliphatic heterocycles. The van der Waals surface area contributed by atoms with Crippen molar-refractivity contribution in [1.29, 1.82) is 0 Å². The molecule has 0 bridgehead atoms. The van der Waals surface area contributed by atoms with Gasteiger partial charge in [0.1, 0.15) is 5.82 Å². The molecule has 0 spiro atoms. The molecule has 0 aliphatic carbocycles. The number of benzene rings is 1. The van der Waals surface area contributed by atoms with Crippen LogP contribution < -0.4 is 10.6 Å². The van der Waals surface area contributed by atoms with Gasteiger partial charge in [-0.05, 0) is 67.9 Å². The Morgan fingerprint density at radius 1 is 0.920 bits per heavy atom. The quantitative estimate of drug-likeness (QED) is 0.752. The van der Waals surface area contributed by atoms with Crippen molar-refractivity contribution >= 4 is 17.5 Å². The summed E-state index contributed by atoms with van der Waals surface area (Å²) in [6.07, 6.45) is 0. The number of para-hydroxylation sites is 1. The Balaban J connectivity index is 2.31. The number of nitrogens with one attached hydrogen (secondary N) is 2. The average Bonchev–Trinajstić information content (AvgIpc) is 2.51. The monoisotopic (exact) mass is 339 g/mol. The Bertz CT molecular complexity index is 817. The zero-order chi connectivity index (χ0) is 18.9. The molecular weight excluding hydrogens is 310 g/mol. The largest absolute Gasteiger partial charge is 0.324 e. The highest BCUT2D eigenvalue weighted by atomic mass is 16.2. The van der Waals surface area contributed by atoms with Crippen LogP contribution in [0.15, 0.2) is 18.2 Å². The number of carbonyl (C=O) groups is 1. The van der Waals surface area contributed by atoms with Crippen molar-refractivity contribution in [3.05, 3.63) is 51.7 Å². The van der Waals surface area contributed by atoms with Gasteiger partial charge in [0.15, 0.2) is 0 Å². The molecule has 2 rings (SSSR count). The van der Waals surface area contributed by atoms with Gasteiger partial charge in [-0.1, -0.05) is 39.0 Å². The number of aromatic nitrogens is 1. The molecule has 2 aromatic rings. The Kier molecular flexibility index (Phi) is 5.21. The summed E-state index contributed by atoms with van der Waals surface area (Å²) in [5.41, 5.74) is 7.23. The third-order valence-electron chi connectivity index (χ3n) is 4.85. The minimum absolute atomic E-state index is 0.0557. The molecule has 0 unspecified atom stereocenters. The molecule has 25 heavy (non-hydrogen) atoms. The van der Waals surface area contributed by atoms with E-state index < -0.39 is 0 Å². The summed E-state index contributed by atoms with van der Waals surface area (Å²) in [6.45, 7) is 16.5. The molecular formula is C21H29N3O. The molecule has 0 atom stereocenters. The van der Waals surface area contributed by atoms with Gasteiger partial charge in [-0.3, -0.25) is 5.32 Å². The van der Waals surface area contributed by atoms with E-state index in [2.05, 4.69) is 56.3 Å². The highest BCUT2D eigenvalue weighted by Gasteiger charge is 2.21. The summed E-state index contributed by atoms with van der Waals surface area (Å²) in [5.74, 6) is 0.615. The molecule has 4 heteroatoms. The average molecular weight is 339 g/mol. The van der Waals surface area contributed by atoms with Gasteiger partial charge in [0.2, 0.25) is 0 Å². The van der Waals surface area contributed by atoms with Crippen molar-refractivity contribution in [2.45, 2.75) is 60.8 Å². The van der Waals surface area contributed by atoms with E-state index in [0.717, 1.165) is 39.2 Å². The maximum Gasteiger partial charge on any atom is 0.324 e. The number of hydrogen-bond acceptors (Lipinski definition) is 2. The van der Waals surface area contributed by atoms with Crippen molar-refractivity contribution in [3.63, 3.8) is 0 Å². The van der Waals surface area contributed by atoms with E-state index in [1.165, 1.54) is 0 Å². The SMILES string of the molecule is Cc1cccc(C(C)(C)C)c1NC(=O)Nc1nc(C)c(C)c(C)c1C. The van der Waals surface area contributed by atoms with Crippen LogP contribution >= 0.6 is 0 Å². The number of anilines is 2. The minimum Gasteiger partial charge on any atom is -0.307 e. The number of pyridine rings is 1. The highest BCUT2D eigenvalue weighted by Crippen LogP contribution is 2.32. The van der Waals surface area contributed by atoms with Crippen LogP contribution in [0.5, 0.6) is 0 Å². The molecule has 2 N–H and O–H groups in total. The molecule has 0 saturated heterocycles. The lowest BCUT2D eigenvalue weighted by molar-refractivity contribution is 0.262. The fraction of sp³-hybridized carbons (Fsp3) is 0.429. The van der Waals surface area contributed by atoms with Gasteiger partial charge in [-0.15, -0.1) is 0 Å². The lowest BCUT2D eigenvalue weighted by Gasteiger charge is -2.24. The number of aryl methyl sites for hydroxylation is 2. The van der Waals surface area contributed by atoms with Crippen molar-refractivity contribution < 1.29 is 4.79 Å². The maximum absolute atomic E-state index is 12.6. The summed E-state index contributed by atoms with van der Waals surface area (Å²) in [5, 5.41) is 5.94. The van der Waals surface area contributed by atoms with Crippen molar-refractivity contribution in [2.75, 3.05) is 10.6 Å². The second-order valence-electron chi connectivity index (χ2n) is 7.75. The molecule has 4 nitrogen and oxygen atoms in total. The molecule has 1 aromatic heterocycles. The zero-order valence-corrected chi connectivity index (χ0v) is 16.6. The first-order valence-electron chi connectivity index (χ1n) is 8.65. The highest BCUT2D eigenvalue weighted by molar-refractivity contribution is 6.00. The van der Waals surface area contributed by atoms with Crippen molar-refractivity contribution in [2.24, 2.45) is 0 Å². The van der Waals surface area contributed by atoms with Gasteiger partial charge in [0, 0.05) is 11.4 Å². The van der Waals surface area contributed by atoms with Crippen molar-refractivity contribution in [3.8, 4) is 0 Å². The topological polar surface area (TPSA) is 54.0 Å². The molecule has 0 fully saturated rings. The van der Waals surface area contributed by atoms with Crippen LogP contribution in [0.4, 0.5) is 16.3 Å². The van der Waals surface area contributed by atoms with Crippen LogP contribution in [0.2, 0.25) is 0 Å². The summed E-state index contributed by atoms with van der Waals surface area (Å²) < 4.78 is 0. The van der Waals surface area contributed by atoms with Gasteiger partial charge in [-0.2, -0.15) is 0 Å². The Hall–Kier alpha value is -2.36. The number of nitrogens with zero attached hydrogens (tertiary/aromatic N) is 1. The Morgan fingerprint density at radius 2 is 1.56 bits per heavy atom. The van der Waals surface area contributed by atoms with Gasteiger partial charge < -0.3 is 5.32 Å². The zero-order valence-electron chi connectivity index (χ0n) is 16.6. The number of amides is 2. The molecule has 2 amide bonds. The van der Waals surface area contributed by atoms with E-state index in [9.17, 15) is 4.79 Å². The normalized spacial score (nSPS) is 11.4. The number of hydrogen-bond donors (Lipinski definition) is 2. The summed E-state index contributed by atoms with van der Waals surface area (Å²) in [6, 6.07) is 5.83. The smallest absolute Gasteiger partial charge is 0.307 e. The first-order chi connectivity index (χ1) is 11.5. The second-order valence-corrected chi connectivity index (χ2v) is 7.75. The standard InChI is InChI=1S/C21H29N3O/c1-12-10-9-11-17(21(6,7)8)18(12)23-20(25)24-19-15(4)13(2)14(3)16(5)22-19/h9-11H,1-8H3,(H2,22,23,24,25). The number of urea groups is 1. The Morgan fingerprint density at radius 3 is 2.16 bits per heavy atom. The number of carbonyl (C=O) groups excluding carboxylic acids is 1. The van der Waals surface area contributed by atoms with Crippen molar-refractivity contribution in [1.82, 2.24) is 4.98 Å².